The summed E-state index contributed by atoms with van der Waals surface area (Å²) in [5.41, 5.74) is 8.54. The molecule has 3 nitrogen and oxygen atoms in total. The van der Waals surface area contributed by atoms with Crippen molar-refractivity contribution in [1.29, 1.82) is 0 Å². The minimum atomic E-state index is 0.499. The highest BCUT2D eigenvalue weighted by Gasteiger charge is 2.08. The van der Waals surface area contributed by atoms with Crippen molar-refractivity contribution in [3.05, 3.63) is 35.8 Å². The lowest BCUT2D eigenvalue weighted by Gasteiger charge is -2.00. The van der Waals surface area contributed by atoms with Gasteiger partial charge >= 0.3 is 0 Å². The molecule has 2 heterocycles. The Balaban J connectivity index is 2.62. The maximum atomic E-state index is 5.53. The third-order valence-electron chi connectivity index (χ3n) is 2.17. The second-order valence-corrected chi connectivity index (χ2v) is 3.74. The minimum absolute atomic E-state index is 0.499. The van der Waals surface area contributed by atoms with Gasteiger partial charge in [-0.15, -0.1) is 0 Å². The summed E-state index contributed by atoms with van der Waals surface area (Å²) < 4.78 is 2.02. The van der Waals surface area contributed by atoms with E-state index in [1.54, 1.807) is 0 Å². The Kier molecular flexibility index (Phi) is 2.21. The number of fused-ring (bicyclic) bond motifs is 1. The maximum Gasteiger partial charge on any atom is 0.137 e. The molecule has 0 aliphatic rings. The second-order valence-electron chi connectivity index (χ2n) is 3.22. The minimum Gasteiger partial charge on any atom is -0.393 e. The van der Waals surface area contributed by atoms with Gasteiger partial charge in [-0.25, -0.2) is 4.98 Å². The first-order chi connectivity index (χ1) is 6.68. The first kappa shape index (κ1) is 9.15. The van der Waals surface area contributed by atoms with Crippen LogP contribution in [0.15, 0.2) is 24.4 Å². The number of thiocarbonyl (C=S) groups is 1. The van der Waals surface area contributed by atoms with E-state index in [0.29, 0.717) is 11.4 Å². The molecule has 14 heavy (non-hydrogen) atoms. The van der Waals surface area contributed by atoms with Gasteiger partial charge in [-0.1, -0.05) is 18.3 Å². The highest BCUT2D eigenvalue weighted by Crippen LogP contribution is 2.11. The van der Waals surface area contributed by atoms with Gasteiger partial charge in [0.25, 0.3) is 0 Å². The van der Waals surface area contributed by atoms with Crippen molar-refractivity contribution < 1.29 is 0 Å². The maximum absolute atomic E-state index is 5.53. The van der Waals surface area contributed by atoms with Gasteiger partial charge in [0.05, 0.1) is 16.4 Å². The summed E-state index contributed by atoms with van der Waals surface area (Å²) in [4.78, 5) is 4.91. The number of aromatic nitrogens is 2. The van der Waals surface area contributed by atoms with Crippen molar-refractivity contribution in [1.82, 2.24) is 9.38 Å². The van der Waals surface area contributed by atoms with Gasteiger partial charge < -0.3 is 10.1 Å². The number of hydrogen-bond acceptors (Lipinski definition) is 2. The first-order valence-electron chi connectivity index (χ1n) is 4.39. The van der Waals surface area contributed by atoms with E-state index in [2.05, 4.69) is 4.98 Å². The first-order valence-corrected chi connectivity index (χ1v) is 4.80. The molecular weight excluding hydrogens is 194 g/mol. The molecule has 0 amide bonds. The Labute approximate surface area is 87.6 Å². The van der Waals surface area contributed by atoms with Crippen LogP contribution in [0, 0.1) is 6.92 Å². The Hall–Kier alpha value is -1.42. The zero-order chi connectivity index (χ0) is 10.1. The lowest BCUT2D eigenvalue weighted by atomic mass is 10.2. The topological polar surface area (TPSA) is 43.3 Å². The fraction of sp³-hybridized carbons (Fsp3) is 0.200. The van der Waals surface area contributed by atoms with Crippen LogP contribution in [0.3, 0.4) is 0 Å². The van der Waals surface area contributed by atoms with Gasteiger partial charge in [0, 0.05) is 12.6 Å². The van der Waals surface area contributed by atoms with Crippen LogP contribution in [-0.4, -0.2) is 14.4 Å². The molecule has 0 atom stereocenters. The van der Waals surface area contributed by atoms with Crippen LogP contribution < -0.4 is 5.73 Å². The Bertz CT molecular complexity index is 487. The van der Waals surface area contributed by atoms with Crippen LogP contribution in [-0.2, 0) is 6.42 Å². The van der Waals surface area contributed by atoms with Crippen molar-refractivity contribution in [2.75, 3.05) is 0 Å². The normalized spacial score (nSPS) is 10.6. The number of nitrogens with zero attached hydrogens (tertiary/aromatic N) is 2. The highest BCUT2D eigenvalue weighted by atomic mass is 32.1. The number of pyridine rings is 1. The van der Waals surface area contributed by atoms with Crippen LogP contribution in [0.4, 0.5) is 0 Å². The average molecular weight is 205 g/mol. The van der Waals surface area contributed by atoms with Crippen molar-refractivity contribution in [2.45, 2.75) is 13.3 Å². The van der Waals surface area contributed by atoms with E-state index >= 15 is 0 Å². The van der Waals surface area contributed by atoms with Crippen molar-refractivity contribution >= 4 is 22.9 Å². The van der Waals surface area contributed by atoms with E-state index in [0.717, 1.165) is 17.0 Å². The predicted octanol–water partition coefficient (Wildman–Crippen LogP) is 1.47. The van der Waals surface area contributed by atoms with E-state index < -0.39 is 0 Å². The third-order valence-corrected chi connectivity index (χ3v) is 2.32. The average Bonchev–Trinajstić information content (AvgIpc) is 2.43. The molecule has 0 unspecified atom stereocenters. The van der Waals surface area contributed by atoms with Gasteiger partial charge in [0.1, 0.15) is 5.65 Å². The number of imidazole rings is 1. The van der Waals surface area contributed by atoms with Gasteiger partial charge in [0.15, 0.2) is 0 Å². The fourth-order valence-electron chi connectivity index (χ4n) is 1.54. The smallest absolute Gasteiger partial charge is 0.137 e. The summed E-state index contributed by atoms with van der Waals surface area (Å²) in [6.45, 7) is 1.97. The summed E-state index contributed by atoms with van der Waals surface area (Å²) in [7, 11) is 0. The molecule has 0 radical (unpaired) electrons. The van der Waals surface area contributed by atoms with Crippen LogP contribution >= 0.6 is 12.2 Å². The second kappa shape index (κ2) is 3.38. The van der Waals surface area contributed by atoms with Gasteiger partial charge in [-0.2, -0.15) is 0 Å². The highest BCUT2D eigenvalue weighted by molar-refractivity contribution is 7.80. The molecular formula is C10H11N3S. The van der Waals surface area contributed by atoms with E-state index in [9.17, 15) is 0 Å². The van der Waals surface area contributed by atoms with Gasteiger partial charge in [0.2, 0.25) is 0 Å². The van der Waals surface area contributed by atoms with Crippen molar-refractivity contribution in [2.24, 2.45) is 5.73 Å². The van der Waals surface area contributed by atoms with E-state index in [-0.39, 0.29) is 0 Å². The molecule has 0 aromatic carbocycles. The molecule has 0 aliphatic carbocycles. The molecule has 2 N–H and O–H groups in total. The molecule has 0 aliphatic heterocycles. The largest absolute Gasteiger partial charge is 0.393 e. The molecule has 2 aromatic rings. The number of nitrogens with two attached hydrogens (primary N) is 1. The molecule has 2 rings (SSSR count). The molecule has 4 heteroatoms. The molecule has 0 spiro atoms. The quantitative estimate of drug-likeness (QED) is 0.755. The Morgan fingerprint density at radius 3 is 3.07 bits per heavy atom. The van der Waals surface area contributed by atoms with Crippen LogP contribution in [0.1, 0.15) is 11.4 Å². The SMILES string of the molecule is Cc1nc2ccccn2c1CC(N)=S. The van der Waals surface area contributed by atoms with Crippen molar-refractivity contribution in [3.8, 4) is 0 Å². The standard InChI is InChI=1S/C10H11N3S/c1-7-8(6-9(11)14)13-5-3-2-4-10(13)12-7/h2-5H,6H2,1H3,(H2,11,14). The summed E-state index contributed by atoms with van der Waals surface area (Å²) in [5.74, 6) is 0. The monoisotopic (exact) mass is 205 g/mol. The van der Waals surface area contributed by atoms with E-state index in [4.69, 9.17) is 18.0 Å². The van der Waals surface area contributed by atoms with Crippen molar-refractivity contribution in [3.63, 3.8) is 0 Å². The van der Waals surface area contributed by atoms with Crippen LogP contribution in [0.2, 0.25) is 0 Å². The molecule has 2 aromatic heterocycles. The fourth-order valence-corrected chi connectivity index (χ4v) is 1.68. The summed E-state index contributed by atoms with van der Waals surface area (Å²) in [6, 6.07) is 5.90. The van der Waals surface area contributed by atoms with E-state index in [1.165, 1.54) is 0 Å². The summed E-state index contributed by atoms with van der Waals surface area (Å²) >= 11 is 4.90. The number of rotatable bonds is 2. The van der Waals surface area contributed by atoms with Gasteiger partial charge in [-0.3, -0.25) is 0 Å². The number of hydrogen-bond donors (Lipinski definition) is 1. The summed E-state index contributed by atoms with van der Waals surface area (Å²) in [6.07, 6.45) is 2.58. The lowest BCUT2D eigenvalue weighted by molar-refractivity contribution is 1.05. The zero-order valence-electron chi connectivity index (χ0n) is 7.90. The third kappa shape index (κ3) is 1.48. The molecule has 0 fully saturated rings. The van der Waals surface area contributed by atoms with E-state index in [1.807, 2.05) is 35.7 Å². The molecule has 0 saturated carbocycles. The van der Waals surface area contributed by atoms with Crippen LogP contribution in [0.5, 0.6) is 0 Å². The molecule has 72 valence electrons. The molecule has 0 saturated heterocycles. The zero-order valence-corrected chi connectivity index (χ0v) is 8.71. The predicted molar refractivity (Wildman–Crippen MR) is 60.4 cm³/mol. The summed E-state index contributed by atoms with van der Waals surface area (Å²) in [5, 5.41) is 0. The lowest BCUT2D eigenvalue weighted by Crippen LogP contribution is -2.13. The molecule has 0 bridgehead atoms. The number of aryl methyl sites for hydroxylation is 1. The van der Waals surface area contributed by atoms with Gasteiger partial charge in [-0.05, 0) is 19.1 Å². The van der Waals surface area contributed by atoms with Crippen LogP contribution in [0.25, 0.3) is 5.65 Å². The Morgan fingerprint density at radius 2 is 2.36 bits per heavy atom. The Morgan fingerprint density at radius 1 is 1.57 bits per heavy atom.